The average molecular weight is 422 g/mol. The van der Waals surface area contributed by atoms with Crippen molar-refractivity contribution in [3.63, 3.8) is 0 Å². The van der Waals surface area contributed by atoms with Crippen LogP contribution >= 0.6 is 11.3 Å². The van der Waals surface area contributed by atoms with E-state index in [0.717, 1.165) is 11.3 Å². The molecule has 0 N–H and O–H groups in total. The number of ketones is 2. The van der Waals surface area contributed by atoms with Gasteiger partial charge in [-0.25, -0.2) is 9.78 Å². The van der Waals surface area contributed by atoms with Crippen molar-refractivity contribution in [1.82, 2.24) is 4.98 Å². The molecule has 7 nitrogen and oxygen atoms in total. The van der Waals surface area contributed by atoms with E-state index >= 15 is 0 Å². The maximum atomic E-state index is 12.5. The van der Waals surface area contributed by atoms with Crippen molar-refractivity contribution in [3.05, 3.63) is 76.3 Å². The molecule has 1 amide bonds. The van der Waals surface area contributed by atoms with Crippen LogP contribution in [0.3, 0.4) is 0 Å². The zero-order chi connectivity index (χ0) is 21.7. The predicted molar refractivity (Wildman–Crippen MR) is 113 cm³/mol. The molecule has 3 rings (SSSR count). The van der Waals surface area contributed by atoms with Gasteiger partial charge in [0.05, 0.1) is 18.0 Å². The number of thiazole rings is 1. The van der Waals surface area contributed by atoms with E-state index in [2.05, 4.69) is 4.98 Å². The number of esters is 1. The number of carbonyl (C=O) groups excluding carboxylic acids is 4. The van der Waals surface area contributed by atoms with Crippen LogP contribution in [0.2, 0.25) is 0 Å². The number of carbonyl (C=O) groups is 4. The van der Waals surface area contributed by atoms with Gasteiger partial charge in [0.15, 0.2) is 5.13 Å². The van der Waals surface area contributed by atoms with Gasteiger partial charge in [-0.3, -0.25) is 19.3 Å². The smallest absolute Gasteiger partial charge is 0.350 e. The van der Waals surface area contributed by atoms with E-state index in [-0.39, 0.29) is 12.2 Å². The summed E-state index contributed by atoms with van der Waals surface area (Å²) in [7, 11) is 0. The molecule has 0 radical (unpaired) electrons. The Morgan fingerprint density at radius 2 is 1.60 bits per heavy atom. The first-order valence-corrected chi connectivity index (χ1v) is 9.91. The van der Waals surface area contributed by atoms with E-state index < -0.39 is 17.5 Å². The van der Waals surface area contributed by atoms with Crippen LogP contribution in [0.1, 0.15) is 43.0 Å². The number of amides is 1. The number of aryl methyl sites for hydroxylation is 1. The number of hydrogen-bond acceptors (Lipinski definition) is 7. The highest BCUT2D eigenvalue weighted by molar-refractivity contribution is 7.17. The molecule has 0 aliphatic carbocycles. The quantitative estimate of drug-likeness (QED) is 0.236. The Hall–Kier alpha value is -3.65. The van der Waals surface area contributed by atoms with Crippen molar-refractivity contribution < 1.29 is 23.9 Å². The van der Waals surface area contributed by atoms with E-state index in [1.54, 1.807) is 56.3 Å². The molecule has 0 saturated heterocycles. The molecule has 2 aromatic carbocycles. The minimum Gasteiger partial charge on any atom is -0.462 e. The van der Waals surface area contributed by atoms with Gasteiger partial charge in [0, 0.05) is 11.1 Å². The van der Waals surface area contributed by atoms with Crippen LogP contribution in [0.25, 0.3) is 0 Å². The molecule has 0 aliphatic heterocycles. The van der Waals surface area contributed by atoms with Gasteiger partial charge >= 0.3 is 5.97 Å². The second-order valence-electron chi connectivity index (χ2n) is 6.18. The average Bonchev–Trinajstić information content (AvgIpc) is 3.16. The number of benzene rings is 2. The lowest BCUT2D eigenvalue weighted by Crippen LogP contribution is -2.16. The van der Waals surface area contributed by atoms with E-state index in [9.17, 15) is 19.2 Å². The van der Waals surface area contributed by atoms with Gasteiger partial charge in [0.2, 0.25) is 18.0 Å². The van der Waals surface area contributed by atoms with Crippen molar-refractivity contribution in [3.8, 4) is 0 Å². The van der Waals surface area contributed by atoms with Gasteiger partial charge in [-0.1, -0.05) is 41.7 Å². The maximum Gasteiger partial charge on any atom is 0.350 e. The van der Waals surface area contributed by atoms with Gasteiger partial charge in [-0.05, 0) is 38.1 Å². The lowest BCUT2D eigenvalue weighted by Gasteiger charge is -2.14. The highest BCUT2D eigenvalue weighted by atomic mass is 32.1. The van der Waals surface area contributed by atoms with Crippen LogP contribution in [-0.4, -0.2) is 35.5 Å². The van der Waals surface area contributed by atoms with Gasteiger partial charge in [-0.2, -0.15) is 0 Å². The summed E-state index contributed by atoms with van der Waals surface area (Å²) in [6, 6.07) is 14.3. The highest BCUT2D eigenvalue weighted by Crippen LogP contribution is 2.31. The molecule has 1 heterocycles. The van der Waals surface area contributed by atoms with Gasteiger partial charge in [0.1, 0.15) is 4.88 Å². The molecule has 0 spiro atoms. The summed E-state index contributed by atoms with van der Waals surface area (Å²) in [6.07, 6.45) is 0.569. The third kappa shape index (κ3) is 4.33. The number of aromatic nitrogens is 1. The van der Waals surface area contributed by atoms with Gasteiger partial charge < -0.3 is 4.74 Å². The first-order valence-electron chi connectivity index (χ1n) is 9.09. The molecule has 30 heavy (non-hydrogen) atoms. The van der Waals surface area contributed by atoms with Crippen LogP contribution in [0, 0.1) is 6.92 Å². The fourth-order valence-corrected chi connectivity index (χ4v) is 3.66. The molecule has 1 aromatic heterocycles. The molecule has 8 heteroatoms. The van der Waals surface area contributed by atoms with Crippen LogP contribution in [0.5, 0.6) is 0 Å². The largest absolute Gasteiger partial charge is 0.462 e. The van der Waals surface area contributed by atoms with Gasteiger partial charge in [0.25, 0.3) is 0 Å². The third-order valence-electron chi connectivity index (χ3n) is 4.21. The Bertz CT molecular complexity index is 1090. The number of rotatable bonds is 8. The molecule has 0 aliphatic rings. The monoisotopic (exact) mass is 422 g/mol. The van der Waals surface area contributed by atoms with Crippen molar-refractivity contribution in [2.75, 3.05) is 11.5 Å². The fourth-order valence-electron chi connectivity index (χ4n) is 2.71. The summed E-state index contributed by atoms with van der Waals surface area (Å²) in [5.41, 5.74) is 1.42. The minimum absolute atomic E-state index is 0.209. The molecule has 3 aromatic rings. The Labute approximate surface area is 176 Å². The topological polar surface area (TPSA) is 93.6 Å². The number of ether oxygens (including phenoxy) is 1. The molecule has 0 fully saturated rings. The van der Waals surface area contributed by atoms with Crippen molar-refractivity contribution >= 4 is 46.1 Å². The zero-order valence-corrected chi connectivity index (χ0v) is 17.1. The van der Waals surface area contributed by atoms with E-state index in [1.165, 1.54) is 17.0 Å². The summed E-state index contributed by atoms with van der Waals surface area (Å²) in [5, 5.41) is 0.296. The van der Waals surface area contributed by atoms with Crippen LogP contribution in [0.4, 0.5) is 10.8 Å². The second-order valence-corrected chi connectivity index (χ2v) is 7.16. The van der Waals surface area contributed by atoms with Crippen molar-refractivity contribution in [2.24, 2.45) is 0 Å². The maximum absolute atomic E-state index is 12.5. The third-order valence-corrected chi connectivity index (χ3v) is 5.34. The number of hydrogen-bond donors (Lipinski definition) is 0. The molecule has 0 bridgehead atoms. The normalized spacial score (nSPS) is 10.3. The summed E-state index contributed by atoms with van der Waals surface area (Å²) >= 11 is 1.04. The van der Waals surface area contributed by atoms with E-state index in [1.807, 2.05) is 0 Å². The molecule has 0 atom stereocenters. The zero-order valence-electron chi connectivity index (χ0n) is 16.3. The first kappa shape index (κ1) is 21.1. The van der Waals surface area contributed by atoms with E-state index in [0.29, 0.717) is 33.4 Å². The van der Waals surface area contributed by atoms with Crippen LogP contribution in [0.15, 0.2) is 54.6 Å². The lowest BCUT2D eigenvalue weighted by molar-refractivity contribution is -0.106. The standard InChI is InChI=1S/C22H18N2O5S/c1-3-29-21(28)20-14(2)23-22(30-20)24(13-25)17-11-9-16(10-12-17)19(27)18(26)15-7-5-4-6-8-15/h4-13H,3H2,1-2H3. The second kappa shape index (κ2) is 9.23. The Kier molecular flexibility index (Phi) is 6.48. The minimum atomic E-state index is -0.639. The molecular weight excluding hydrogens is 404 g/mol. The van der Waals surface area contributed by atoms with Crippen LogP contribution in [-0.2, 0) is 9.53 Å². The van der Waals surface area contributed by atoms with Gasteiger partial charge in [-0.15, -0.1) is 0 Å². The Balaban J connectivity index is 1.83. The first-order chi connectivity index (χ1) is 14.5. The Morgan fingerprint density at radius 3 is 2.17 bits per heavy atom. The molecular formula is C22H18N2O5S. The number of anilines is 2. The summed E-state index contributed by atoms with van der Waals surface area (Å²) in [5.74, 6) is -1.74. The van der Waals surface area contributed by atoms with Crippen molar-refractivity contribution in [2.45, 2.75) is 13.8 Å². The summed E-state index contributed by atoms with van der Waals surface area (Å²) in [6.45, 7) is 3.60. The summed E-state index contributed by atoms with van der Waals surface area (Å²) < 4.78 is 5.00. The summed E-state index contributed by atoms with van der Waals surface area (Å²) in [4.78, 5) is 54.3. The van der Waals surface area contributed by atoms with Crippen LogP contribution < -0.4 is 4.90 Å². The highest BCUT2D eigenvalue weighted by Gasteiger charge is 2.22. The lowest BCUT2D eigenvalue weighted by atomic mass is 10.0. The molecule has 0 saturated carbocycles. The SMILES string of the molecule is CCOC(=O)c1sc(N(C=O)c2ccc(C(=O)C(=O)c3ccccc3)cc2)nc1C. The fraction of sp³-hybridized carbons (Fsp3) is 0.136. The molecule has 152 valence electrons. The Morgan fingerprint density at radius 1 is 1.00 bits per heavy atom. The predicted octanol–water partition coefficient (Wildman–Crippen LogP) is 3.99. The van der Waals surface area contributed by atoms with E-state index in [4.69, 9.17) is 4.74 Å². The number of Topliss-reactive ketones (excluding diaryl/α,β-unsaturated/α-hetero) is 2. The van der Waals surface area contributed by atoms with Crippen molar-refractivity contribution in [1.29, 1.82) is 0 Å². The number of nitrogens with zero attached hydrogens (tertiary/aromatic N) is 2. The molecule has 0 unspecified atom stereocenters.